The average molecular weight is 246 g/mol. The van der Waals surface area contributed by atoms with E-state index in [1.165, 1.54) is 0 Å². The highest BCUT2D eigenvalue weighted by Gasteiger charge is 2.16. The van der Waals surface area contributed by atoms with Crippen LogP contribution in [0.15, 0.2) is 36.4 Å². The SMILES string of the molecule is CC[N+](C)(CC)CCC(=O)C=Cc1ccccc1. The molecule has 2 heteroatoms. The Bertz CT molecular complexity index is 391. The molecule has 18 heavy (non-hydrogen) atoms. The van der Waals surface area contributed by atoms with Crippen LogP contribution in [0.2, 0.25) is 0 Å². The highest BCUT2D eigenvalue weighted by Crippen LogP contribution is 2.05. The van der Waals surface area contributed by atoms with Crippen LogP contribution in [0.25, 0.3) is 6.08 Å². The lowest BCUT2D eigenvalue weighted by Gasteiger charge is -2.31. The van der Waals surface area contributed by atoms with Crippen molar-refractivity contribution in [2.24, 2.45) is 0 Å². The highest BCUT2D eigenvalue weighted by molar-refractivity contribution is 5.93. The number of quaternary nitrogens is 1. The smallest absolute Gasteiger partial charge is 0.161 e. The number of nitrogens with zero attached hydrogens (tertiary/aromatic N) is 1. The van der Waals surface area contributed by atoms with Crippen molar-refractivity contribution in [3.63, 3.8) is 0 Å². The number of carbonyl (C=O) groups excluding carboxylic acids is 1. The van der Waals surface area contributed by atoms with Crippen molar-refractivity contribution in [2.45, 2.75) is 20.3 Å². The molecule has 2 nitrogen and oxygen atoms in total. The van der Waals surface area contributed by atoms with Gasteiger partial charge in [-0.15, -0.1) is 0 Å². The predicted molar refractivity (Wildman–Crippen MR) is 77.2 cm³/mol. The molecule has 0 atom stereocenters. The summed E-state index contributed by atoms with van der Waals surface area (Å²) in [6.45, 7) is 7.42. The molecule has 0 saturated carbocycles. The number of carbonyl (C=O) groups is 1. The summed E-state index contributed by atoms with van der Waals surface area (Å²) in [7, 11) is 2.20. The molecule has 0 radical (unpaired) electrons. The van der Waals surface area contributed by atoms with Crippen molar-refractivity contribution in [3.8, 4) is 0 Å². The van der Waals surface area contributed by atoms with Crippen molar-refractivity contribution in [2.75, 3.05) is 26.7 Å². The number of hydrogen-bond donors (Lipinski definition) is 0. The zero-order chi connectivity index (χ0) is 13.4. The van der Waals surface area contributed by atoms with Crippen molar-refractivity contribution < 1.29 is 9.28 Å². The van der Waals surface area contributed by atoms with Gasteiger partial charge in [0.05, 0.1) is 33.1 Å². The lowest BCUT2D eigenvalue weighted by molar-refractivity contribution is -0.905. The summed E-state index contributed by atoms with van der Waals surface area (Å²) < 4.78 is 0.963. The molecule has 0 aliphatic carbocycles. The van der Waals surface area contributed by atoms with Crippen LogP contribution in [0, 0.1) is 0 Å². The topological polar surface area (TPSA) is 17.1 Å². The van der Waals surface area contributed by atoms with Crippen LogP contribution in [-0.4, -0.2) is 36.9 Å². The van der Waals surface area contributed by atoms with Gasteiger partial charge >= 0.3 is 0 Å². The minimum atomic E-state index is 0.213. The normalized spacial score (nSPS) is 11.9. The van der Waals surface area contributed by atoms with E-state index in [0.717, 1.165) is 29.7 Å². The largest absolute Gasteiger partial charge is 0.326 e. The van der Waals surface area contributed by atoms with Gasteiger partial charge in [-0.3, -0.25) is 4.79 Å². The molecular formula is C16H24NO+. The molecule has 0 aliphatic rings. The van der Waals surface area contributed by atoms with Crippen molar-refractivity contribution in [3.05, 3.63) is 42.0 Å². The van der Waals surface area contributed by atoms with E-state index in [0.29, 0.717) is 6.42 Å². The third kappa shape index (κ3) is 4.84. The Morgan fingerprint density at radius 2 is 1.78 bits per heavy atom. The first-order chi connectivity index (χ1) is 8.59. The van der Waals surface area contributed by atoms with Crippen molar-refractivity contribution >= 4 is 11.9 Å². The molecule has 0 aromatic heterocycles. The van der Waals surface area contributed by atoms with E-state index in [1.54, 1.807) is 6.08 Å². The molecule has 0 spiro atoms. The summed E-state index contributed by atoms with van der Waals surface area (Å²) in [5, 5.41) is 0. The first-order valence-electron chi connectivity index (χ1n) is 6.69. The van der Waals surface area contributed by atoms with Gasteiger partial charge in [0.15, 0.2) is 5.78 Å². The summed E-state index contributed by atoms with van der Waals surface area (Å²) in [5.41, 5.74) is 1.08. The quantitative estimate of drug-likeness (QED) is 0.533. The Morgan fingerprint density at radius 1 is 1.17 bits per heavy atom. The fourth-order valence-electron chi connectivity index (χ4n) is 1.76. The maximum absolute atomic E-state index is 11.8. The lowest BCUT2D eigenvalue weighted by Crippen LogP contribution is -2.44. The van der Waals surface area contributed by atoms with Gasteiger partial charge in [0.1, 0.15) is 0 Å². The van der Waals surface area contributed by atoms with Crippen LogP contribution in [0.5, 0.6) is 0 Å². The molecule has 0 amide bonds. The van der Waals surface area contributed by atoms with Gasteiger partial charge in [-0.1, -0.05) is 36.4 Å². The molecule has 1 aromatic carbocycles. The van der Waals surface area contributed by atoms with Gasteiger partial charge < -0.3 is 4.48 Å². The fraction of sp³-hybridized carbons (Fsp3) is 0.438. The maximum atomic E-state index is 11.8. The Kier molecular flexibility index (Phi) is 5.79. The van der Waals surface area contributed by atoms with E-state index >= 15 is 0 Å². The minimum absolute atomic E-state index is 0.213. The second-order valence-corrected chi connectivity index (χ2v) is 4.94. The molecule has 0 bridgehead atoms. The Labute approximate surface area is 111 Å². The molecule has 98 valence electrons. The molecule has 0 fully saturated rings. The number of allylic oxidation sites excluding steroid dienone is 1. The molecule has 0 unspecified atom stereocenters. The van der Waals surface area contributed by atoms with E-state index in [9.17, 15) is 4.79 Å². The molecule has 0 aliphatic heterocycles. The van der Waals surface area contributed by atoms with Gasteiger partial charge in [0, 0.05) is 0 Å². The minimum Gasteiger partial charge on any atom is -0.326 e. The first-order valence-corrected chi connectivity index (χ1v) is 6.69. The van der Waals surface area contributed by atoms with E-state index in [2.05, 4.69) is 20.9 Å². The van der Waals surface area contributed by atoms with Crippen LogP contribution in [0.4, 0.5) is 0 Å². The van der Waals surface area contributed by atoms with Gasteiger partial charge in [0.25, 0.3) is 0 Å². The van der Waals surface area contributed by atoms with Gasteiger partial charge in [0.2, 0.25) is 0 Å². The van der Waals surface area contributed by atoms with E-state index in [-0.39, 0.29) is 5.78 Å². The van der Waals surface area contributed by atoms with Crippen LogP contribution in [0.3, 0.4) is 0 Å². The number of hydrogen-bond acceptors (Lipinski definition) is 1. The van der Waals surface area contributed by atoms with Gasteiger partial charge in [-0.25, -0.2) is 0 Å². The molecule has 0 heterocycles. The second-order valence-electron chi connectivity index (χ2n) is 4.94. The molecule has 0 N–H and O–H groups in total. The first kappa shape index (κ1) is 14.7. The van der Waals surface area contributed by atoms with Crippen LogP contribution >= 0.6 is 0 Å². The Balaban J connectivity index is 2.45. The van der Waals surface area contributed by atoms with Crippen molar-refractivity contribution in [1.82, 2.24) is 0 Å². The second kappa shape index (κ2) is 7.12. The van der Waals surface area contributed by atoms with E-state index in [1.807, 2.05) is 36.4 Å². The summed E-state index contributed by atoms with van der Waals surface area (Å²) in [5.74, 6) is 0.213. The third-order valence-electron chi connectivity index (χ3n) is 3.69. The summed E-state index contributed by atoms with van der Waals surface area (Å²) >= 11 is 0. The lowest BCUT2D eigenvalue weighted by atomic mass is 10.1. The van der Waals surface area contributed by atoms with E-state index in [4.69, 9.17) is 0 Å². The summed E-state index contributed by atoms with van der Waals surface area (Å²) in [6.07, 6.45) is 4.22. The highest BCUT2D eigenvalue weighted by atomic mass is 16.1. The van der Waals surface area contributed by atoms with Crippen LogP contribution < -0.4 is 0 Å². The zero-order valence-electron chi connectivity index (χ0n) is 11.7. The van der Waals surface area contributed by atoms with Gasteiger partial charge in [-0.2, -0.15) is 0 Å². The Morgan fingerprint density at radius 3 is 2.33 bits per heavy atom. The maximum Gasteiger partial charge on any atom is 0.161 e. The molecular weight excluding hydrogens is 222 g/mol. The molecule has 1 aromatic rings. The standard InChI is InChI=1S/C16H24NO/c1-4-17(3,5-2)14-13-16(18)12-11-15-9-7-6-8-10-15/h6-12H,4-5,13-14H2,1-3H3/q+1. The van der Waals surface area contributed by atoms with E-state index < -0.39 is 0 Å². The molecule has 0 saturated heterocycles. The fourth-order valence-corrected chi connectivity index (χ4v) is 1.76. The third-order valence-corrected chi connectivity index (χ3v) is 3.69. The zero-order valence-corrected chi connectivity index (χ0v) is 11.7. The van der Waals surface area contributed by atoms with Crippen LogP contribution in [0.1, 0.15) is 25.8 Å². The Hall–Kier alpha value is -1.41. The predicted octanol–water partition coefficient (Wildman–Crippen LogP) is 3.15. The van der Waals surface area contributed by atoms with Crippen molar-refractivity contribution in [1.29, 1.82) is 0 Å². The summed E-state index contributed by atoms with van der Waals surface area (Å²) in [4.78, 5) is 11.8. The van der Waals surface area contributed by atoms with Gasteiger partial charge in [-0.05, 0) is 25.5 Å². The monoisotopic (exact) mass is 246 g/mol. The number of benzene rings is 1. The number of rotatable bonds is 7. The summed E-state index contributed by atoms with van der Waals surface area (Å²) in [6, 6.07) is 9.94. The average Bonchev–Trinajstić information content (AvgIpc) is 2.43. The number of ketones is 1. The molecule has 1 rings (SSSR count). The van der Waals surface area contributed by atoms with Crippen LogP contribution in [-0.2, 0) is 4.79 Å².